The third-order valence-corrected chi connectivity index (χ3v) is 7.41. The van der Waals surface area contributed by atoms with Crippen LogP contribution >= 0.6 is 0 Å². The highest BCUT2D eigenvalue weighted by molar-refractivity contribution is 6.16. The standard InChI is InChI=1S/C33H24N2/c1-4-14-24(15-5-1)31-33(29-22-12-10-20-27(29)28-21-11-13-23-30(28)33)32(25-16-6-2-7-17-25)35(34-31)26-18-8-3-9-19-26/h1-23,32H. The van der Waals surface area contributed by atoms with Gasteiger partial charge < -0.3 is 0 Å². The Morgan fingerprint density at radius 2 is 1.00 bits per heavy atom. The van der Waals surface area contributed by atoms with Gasteiger partial charge in [0.25, 0.3) is 0 Å². The van der Waals surface area contributed by atoms with E-state index in [2.05, 4.69) is 145 Å². The van der Waals surface area contributed by atoms with Crippen molar-refractivity contribution in [3.63, 3.8) is 0 Å². The lowest BCUT2D eigenvalue weighted by molar-refractivity contribution is 0.550. The van der Waals surface area contributed by atoms with Gasteiger partial charge in [-0.25, -0.2) is 0 Å². The fraction of sp³-hybridized carbons (Fsp3) is 0.0606. The predicted octanol–water partition coefficient (Wildman–Crippen LogP) is 7.62. The van der Waals surface area contributed by atoms with Gasteiger partial charge in [-0.05, 0) is 45.5 Å². The van der Waals surface area contributed by atoms with Crippen LogP contribution in [-0.2, 0) is 5.41 Å². The van der Waals surface area contributed by atoms with Crippen molar-refractivity contribution >= 4 is 11.4 Å². The van der Waals surface area contributed by atoms with Gasteiger partial charge >= 0.3 is 0 Å². The zero-order valence-electron chi connectivity index (χ0n) is 19.3. The Morgan fingerprint density at radius 1 is 0.514 bits per heavy atom. The molecule has 0 amide bonds. The first-order chi connectivity index (χ1) is 17.4. The van der Waals surface area contributed by atoms with Crippen LogP contribution in [-0.4, -0.2) is 5.71 Å². The lowest BCUT2D eigenvalue weighted by Crippen LogP contribution is -2.41. The van der Waals surface area contributed by atoms with Crippen LogP contribution in [0.25, 0.3) is 11.1 Å². The molecule has 1 aliphatic heterocycles. The van der Waals surface area contributed by atoms with E-state index >= 15 is 0 Å². The van der Waals surface area contributed by atoms with Crippen LogP contribution in [0.1, 0.15) is 28.3 Å². The Balaban J connectivity index is 1.63. The van der Waals surface area contributed by atoms with Crippen molar-refractivity contribution in [3.05, 3.63) is 162 Å². The van der Waals surface area contributed by atoms with Gasteiger partial charge in [0.2, 0.25) is 0 Å². The fourth-order valence-electron chi connectivity index (χ4n) is 6.07. The molecule has 1 aliphatic carbocycles. The van der Waals surface area contributed by atoms with Crippen LogP contribution in [0.3, 0.4) is 0 Å². The summed E-state index contributed by atoms with van der Waals surface area (Å²) in [4.78, 5) is 0. The van der Waals surface area contributed by atoms with Gasteiger partial charge in [-0.2, -0.15) is 5.10 Å². The van der Waals surface area contributed by atoms with E-state index in [-0.39, 0.29) is 6.04 Å². The largest absolute Gasteiger partial charge is 0.256 e. The van der Waals surface area contributed by atoms with Gasteiger partial charge in [-0.15, -0.1) is 0 Å². The van der Waals surface area contributed by atoms with Crippen LogP contribution < -0.4 is 5.01 Å². The molecule has 0 N–H and O–H groups in total. The molecule has 0 saturated carbocycles. The molecule has 1 unspecified atom stereocenters. The molecule has 1 heterocycles. The monoisotopic (exact) mass is 448 g/mol. The number of nitrogens with zero attached hydrogens (tertiary/aromatic N) is 2. The number of benzene rings is 5. The third kappa shape index (κ3) is 2.80. The summed E-state index contributed by atoms with van der Waals surface area (Å²) in [6.07, 6.45) is 0. The van der Waals surface area contributed by atoms with Crippen LogP contribution in [0.5, 0.6) is 0 Å². The third-order valence-electron chi connectivity index (χ3n) is 7.41. The number of hydrogen-bond acceptors (Lipinski definition) is 2. The van der Waals surface area contributed by atoms with E-state index in [1.807, 2.05) is 0 Å². The van der Waals surface area contributed by atoms with E-state index in [0.29, 0.717) is 0 Å². The first-order valence-electron chi connectivity index (χ1n) is 12.1. The predicted molar refractivity (Wildman–Crippen MR) is 144 cm³/mol. The Hall–Kier alpha value is -4.43. The second-order valence-electron chi connectivity index (χ2n) is 9.21. The van der Waals surface area contributed by atoms with E-state index in [1.54, 1.807) is 0 Å². The normalized spacial score (nSPS) is 17.2. The van der Waals surface area contributed by atoms with Crippen molar-refractivity contribution in [1.82, 2.24) is 0 Å². The van der Waals surface area contributed by atoms with Crippen molar-refractivity contribution in [2.45, 2.75) is 11.5 Å². The Labute approximate surface area is 205 Å². The smallest absolute Gasteiger partial charge is 0.0970 e. The van der Waals surface area contributed by atoms with Crippen molar-refractivity contribution in [1.29, 1.82) is 0 Å². The number of fused-ring (bicyclic) bond motifs is 5. The number of hydrazone groups is 1. The van der Waals surface area contributed by atoms with Crippen LogP contribution in [0, 0.1) is 0 Å². The van der Waals surface area contributed by atoms with Gasteiger partial charge in [-0.1, -0.05) is 127 Å². The van der Waals surface area contributed by atoms with Crippen LogP contribution in [0.15, 0.2) is 145 Å². The quantitative estimate of drug-likeness (QED) is 0.277. The van der Waals surface area contributed by atoms with Crippen LogP contribution in [0.4, 0.5) is 5.69 Å². The number of hydrogen-bond donors (Lipinski definition) is 0. The molecule has 7 rings (SSSR count). The zero-order valence-corrected chi connectivity index (χ0v) is 19.3. The molecule has 35 heavy (non-hydrogen) atoms. The molecular weight excluding hydrogens is 424 g/mol. The summed E-state index contributed by atoms with van der Waals surface area (Å²) in [6.45, 7) is 0. The molecule has 2 heteroatoms. The molecule has 0 fully saturated rings. The molecule has 0 aromatic heterocycles. The maximum atomic E-state index is 5.47. The summed E-state index contributed by atoms with van der Waals surface area (Å²) >= 11 is 0. The number of para-hydroxylation sites is 1. The van der Waals surface area contributed by atoms with Crippen molar-refractivity contribution < 1.29 is 0 Å². The van der Waals surface area contributed by atoms with E-state index in [0.717, 1.165) is 17.0 Å². The first kappa shape index (κ1) is 20.0. The molecule has 5 aromatic rings. The highest BCUT2D eigenvalue weighted by Gasteiger charge is 2.59. The van der Waals surface area contributed by atoms with Gasteiger partial charge in [-0.3, -0.25) is 5.01 Å². The van der Waals surface area contributed by atoms with Gasteiger partial charge in [0, 0.05) is 0 Å². The topological polar surface area (TPSA) is 15.6 Å². The highest BCUT2D eigenvalue weighted by Crippen LogP contribution is 2.61. The fourth-order valence-corrected chi connectivity index (χ4v) is 6.07. The van der Waals surface area contributed by atoms with Crippen molar-refractivity contribution in [2.75, 3.05) is 5.01 Å². The highest BCUT2D eigenvalue weighted by atomic mass is 15.5. The Bertz CT molecular complexity index is 1490. The SMILES string of the molecule is c1ccc(C2=NN(c3ccccc3)C(c3ccccc3)C23c2ccccc2-c2ccccc23)cc1. The lowest BCUT2D eigenvalue weighted by atomic mass is 9.65. The summed E-state index contributed by atoms with van der Waals surface area (Å²) in [5.74, 6) is 0. The van der Waals surface area contributed by atoms with Gasteiger partial charge in [0.1, 0.15) is 0 Å². The average molecular weight is 449 g/mol. The van der Waals surface area contributed by atoms with Gasteiger partial charge in [0.15, 0.2) is 0 Å². The number of anilines is 1. The van der Waals surface area contributed by atoms with Crippen LogP contribution in [0.2, 0.25) is 0 Å². The molecule has 0 radical (unpaired) electrons. The Kier molecular flexibility index (Phi) is 4.46. The molecule has 5 aromatic carbocycles. The molecule has 0 bridgehead atoms. The molecule has 1 atom stereocenters. The summed E-state index contributed by atoms with van der Waals surface area (Å²) < 4.78 is 0. The van der Waals surface area contributed by atoms with Crippen molar-refractivity contribution in [3.8, 4) is 11.1 Å². The second kappa shape index (κ2) is 7.82. The number of rotatable bonds is 3. The molecule has 2 aliphatic rings. The Morgan fingerprint density at radius 3 is 1.60 bits per heavy atom. The maximum Gasteiger partial charge on any atom is 0.0970 e. The first-order valence-corrected chi connectivity index (χ1v) is 12.1. The average Bonchev–Trinajstić information content (AvgIpc) is 3.45. The minimum atomic E-state index is -0.453. The minimum Gasteiger partial charge on any atom is -0.256 e. The van der Waals surface area contributed by atoms with Crippen molar-refractivity contribution in [2.24, 2.45) is 5.10 Å². The van der Waals surface area contributed by atoms with E-state index in [9.17, 15) is 0 Å². The lowest BCUT2D eigenvalue weighted by Gasteiger charge is -2.38. The summed E-state index contributed by atoms with van der Waals surface area (Å²) in [5.41, 5.74) is 9.35. The van der Waals surface area contributed by atoms with E-state index in [1.165, 1.54) is 27.8 Å². The molecule has 0 saturated heterocycles. The summed E-state index contributed by atoms with van der Waals surface area (Å²) in [5, 5.41) is 7.72. The van der Waals surface area contributed by atoms with Gasteiger partial charge in [0.05, 0.1) is 22.9 Å². The minimum absolute atomic E-state index is 0.0360. The van der Waals surface area contributed by atoms with E-state index in [4.69, 9.17) is 5.10 Å². The maximum absolute atomic E-state index is 5.47. The molecule has 166 valence electrons. The summed E-state index contributed by atoms with van der Waals surface area (Å²) in [7, 11) is 0. The summed E-state index contributed by atoms with van der Waals surface area (Å²) in [6, 6.07) is 49.9. The molecular formula is C33H24N2. The zero-order chi connectivity index (χ0) is 23.2. The second-order valence-corrected chi connectivity index (χ2v) is 9.21. The molecule has 1 spiro atoms. The van der Waals surface area contributed by atoms with E-state index < -0.39 is 5.41 Å². The molecule has 2 nitrogen and oxygen atoms in total.